The van der Waals surface area contributed by atoms with Gasteiger partial charge >= 0.3 is 0 Å². The van der Waals surface area contributed by atoms with Crippen LogP contribution in [-0.4, -0.2) is 23.4 Å². The molecule has 0 rings (SSSR count). The SMILES string of the molecule is CCCCCCCCCCCCCCCCC(CO)(CO)CCCCCCCCCC. The first kappa shape index (κ1) is 30.9. The number of hydrogen-bond acceptors (Lipinski definition) is 2. The van der Waals surface area contributed by atoms with Gasteiger partial charge in [0.15, 0.2) is 0 Å². The fourth-order valence-corrected chi connectivity index (χ4v) is 4.82. The molecule has 0 aliphatic carbocycles. The van der Waals surface area contributed by atoms with E-state index in [1.807, 2.05) is 0 Å². The van der Waals surface area contributed by atoms with Crippen LogP contribution in [0.4, 0.5) is 0 Å². The van der Waals surface area contributed by atoms with E-state index in [4.69, 9.17) is 0 Å². The van der Waals surface area contributed by atoms with Gasteiger partial charge in [0.25, 0.3) is 0 Å². The lowest BCUT2D eigenvalue weighted by Crippen LogP contribution is -2.29. The lowest BCUT2D eigenvalue weighted by atomic mass is 9.79. The molecule has 0 radical (unpaired) electrons. The number of hydrogen-bond donors (Lipinski definition) is 2. The highest BCUT2D eigenvalue weighted by Crippen LogP contribution is 2.31. The van der Waals surface area contributed by atoms with Crippen LogP contribution in [0.5, 0.6) is 0 Å². The maximum absolute atomic E-state index is 9.92. The molecule has 2 heteroatoms. The predicted molar refractivity (Wildman–Crippen MR) is 139 cm³/mol. The summed E-state index contributed by atoms with van der Waals surface area (Å²) in [5, 5.41) is 19.8. The van der Waals surface area contributed by atoms with Crippen molar-refractivity contribution in [3.05, 3.63) is 0 Å². The second-order valence-corrected chi connectivity index (χ2v) is 10.4. The monoisotopic (exact) mass is 440 g/mol. The summed E-state index contributed by atoms with van der Waals surface area (Å²) in [7, 11) is 0. The highest BCUT2D eigenvalue weighted by molar-refractivity contribution is 4.78. The third kappa shape index (κ3) is 20.3. The van der Waals surface area contributed by atoms with Crippen molar-refractivity contribution in [3.63, 3.8) is 0 Å². The third-order valence-corrected chi connectivity index (χ3v) is 7.29. The Labute approximate surface area is 197 Å². The first-order valence-corrected chi connectivity index (χ1v) is 14.5. The molecule has 0 aromatic rings. The average Bonchev–Trinajstić information content (AvgIpc) is 2.79. The highest BCUT2D eigenvalue weighted by atomic mass is 16.3. The minimum Gasteiger partial charge on any atom is -0.396 e. The molecular formula is C29H60O2. The summed E-state index contributed by atoms with van der Waals surface area (Å²) in [4.78, 5) is 0. The van der Waals surface area contributed by atoms with Gasteiger partial charge in [-0.15, -0.1) is 0 Å². The van der Waals surface area contributed by atoms with Gasteiger partial charge in [0.05, 0.1) is 13.2 Å². The smallest absolute Gasteiger partial charge is 0.0509 e. The van der Waals surface area contributed by atoms with Crippen molar-refractivity contribution in [2.75, 3.05) is 13.2 Å². The van der Waals surface area contributed by atoms with E-state index in [2.05, 4.69) is 13.8 Å². The Kier molecular flexibility index (Phi) is 24.5. The van der Waals surface area contributed by atoms with Gasteiger partial charge in [0.2, 0.25) is 0 Å². The van der Waals surface area contributed by atoms with Crippen LogP contribution in [0.3, 0.4) is 0 Å². The minimum absolute atomic E-state index is 0.151. The predicted octanol–water partition coefficient (Wildman–Crippen LogP) is 9.36. The van der Waals surface area contributed by atoms with Gasteiger partial charge in [-0.2, -0.15) is 0 Å². The Balaban J connectivity index is 3.56. The standard InChI is InChI=1S/C29H60O2/c1-3-5-7-9-11-13-14-15-16-17-18-20-22-24-26-29(27-30,28-31)25-23-21-19-12-10-8-6-4-2/h30-31H,3-28H2,1-2H3. The van der Waals surface area contributed by atoms with Gasteiger partial charge in [-0.25, -0.2) is 0 Å². The van der Waals surface area contributed by atoms with Crippen LogP contribution in [-0.2, 0) is 0 Å². The zero-order chi connectivity index (χ0) is 22.9. The molecule has 188 valence electrons. The molecule has 0 spiro atoms. The molecule has 2 nitrogen and oxygen atoms in total. The maximum atomic E-state index is 9.92. The molecule has 31 heavy (non-hydrogen) atoms. The first-order chi connectivity index (χ1) is 15.2. The van der Waals surface area contributed by atoms with E-state index in [-0.39, 0.29) is 18.6 Å². The Bertz CT molecular complexity index is 325. The summed E-state index contributed by atoms with van der Waals surface area (Å²) in [6.07, 6.45) is 31.8. The molecule has 0 aromatic carbocycles. The molecule has 0 saturated heterocycles. The summed E-state index contributed by atoms with van der Waals surface area (Å²) in [5.74, 6) is 0. The summed E-state index contributed by atoms with van der Waals surface area (Å²) < 4.78 is 0. The molecule has 2 N–H and O–H groups in total. The molecule has 0 saturated carbocycles. The third-order valence-electron chi connectivity index (χ3n) is 7.29. The van der Waals surface area contributed by atoms with Crippen molar-refractivity contribution in [3.8, 4) is 0 Å². The lowest BCUT2D eigenvalue weighted by Gasteiger charge is -2.30. The summed E-state index contributed by atoms with van der Waals surface area (Å²) in [5.41, 5.74) is -0.223. The Morgan fingerprint density at radius 1 is 0.355 bits per heavy atom. The number of unbranched alkanes of at least 4 members (excludes halogenated alkanes) is 20. The van der Waals surface area contributed by atoms with E-state index in [0.29, 0.717) is 0 Å². The van der Waals surface area contributed by atoms with Crippen molar-refractivity contribution in [2.45, 2.75) is 168 Å². The fraction of sp³-hybridized carbons (Fsp3) is 1.00. The normalized spacial score (nSPS) is 12.0. The molecule has 0 unspecified atom stereocenters. The van der Waals surface area contributed by atoms with E-state index in [0.717, 1.165) is 25.7 Å². The van der Waals surface area contributed by atoms with Crippen LogP contribution < -0.4 is 0 Å². The quantitative estimate of drug-likeness (QED) is 0.131. The second kappa shape index (κ2) is 24.6. The van der Waals surface area contributed by atoms with E-state index >= 15 is 0 Å². The first-order valence-electron chi connectivity index (χ1n) is 14.5. The fourth-order valence-electron chi connectivity index (χ4n) is 4.82. The van der Waals surface area contributed by atoms with Crippen LogP contribution in [0.25, 0.3) is 0 Å². The number of aliphatic hydroxyl groups excluding tert-OH is 2. The van der Waals surface area contributed by atoms with Crippen LogP contribution in [0.2, 0.25) is 0 Å². The molecule has 0 heterocycles. The Morgan fingerprint density at radius 2 is 0.581 bits per heavy atom. The highest BCUT2D eigenvalue weighted by Gasteiger charge is 2.27. The van der Waals surface area contributed by atoms with Crippen LogP contribution in [0.1, 0.15) is 168 Å². The van der Waals surface area contributed by atoms with Crippen molar-refractivity contribution in [2.24, 2.45) is 5.41 Å². The van der Waals surface area contributed by atoms with Gasteiger partial charge in [-0.05, 0) is 12.8 Å². The van der Waals surface area contributed by atoms with Crippen LogP contribution in [0.15, 0.2) is 0 Å². The second-order valence-electron chi connectivity index (χ2n) is 10.4. The van der Waals surface area contributed by atoms with Crippen molar-refractivity contribution >= 4 is 0 Å². The molecular weight excluding hydrogens is 380 g/mol. The van der Waals surface area contributed by atoms with Gasteiger partial charge in [0.1, 0.15) is 0 Å². The van der Waals surface area contributed by atoms with E-state index in [1.54, 1.807) is 0 Å². The van der Waals surface area contributed by atoms with E-state index < -0.39 is 0 Å². The summed E-state index contributed by atoms with van der Waals surface area (Å²) in [6.45, 7) is 4.85. The van der Waals surface area contributed by atoms with E-state index in [1.165, 1.54) is 128 Å². The van der Waals surface area contributed by atoms with Crippen molar-refractivity contribution in [1.82, 2.24) is 0 Å². The topological polar surface area (TPSA) is 40.5 Å². The molecule has 0 aromatic heterocycles. The zero-order valence-electron chi connectivity index (χ0n) is 21.8. The van der Waals surface area contributed by atoms with Gasteiger partial charge < -0.3 is 10.2 Å². The van der Waals surface area contributed by atoms with Gasteiger partial charge in [-0.1, -0.05) is 155 Å². The average molecular weight is 441 g/mol. The zero-order valence-corrected chi connectivity index (χ0v) is 21.8. The minimum atomic E-state index is -0.223. The molecule has 0 aliphatic rings. The van der Waals surface area contributed by atoms with Gasteiger partial charge in [0, 0.05) is 5.41 Å². The molecule has 0 fully saturated rings. The largest absolute Gasteiger partial charge is 0.396 e. The molecule has 0 aliphatic heterocycles. The van der Waals surface area contributed by atoms with Crippen LogP contribution in [0, 0.1) is 5.41 Å². The summed E-state index contributed by atoms with van der Waals surface area (Å²) in [6, 6.07) is 0. The Morgan fingerprint density at radius 3 is 0.806 bits per heavy atom. The number of rotatable bonds is 26. The summed E-state index contributed by atoms with van der Waals surface area (Å²) >= 11 is 0. The molecule has 0 bridgehead atoms. The number of aliphatic hydroxyl groups is 2. The lowest BCUT2D eigenvalue weighted by molar-refractivity contribution is 0.0353. The van der Waals surface area contributed by atoms with E-state index in [9.17, 15) is 10.2 Å². The molecule has 0 atom stereocenters. The van der Waals surface area contributed by atoms with Crippen molar-refractivity contribution in [1.29, 1.82) is 0 Å². The maximum Gasteiger partial charge on any atom is 0.0509 e. The van der Waals surface area contributed by atoms with Crippen LogP contribution >= 0.6 is 0 Å². The molecule has 0 amide bonds. The Hall–Kier alpha value is -0.0800. The van der Waals surface area contributed by atoms with Gasteiger partial charge in [-0.3, -0.25) is 0 Å². The van der Waals surface area contributed by atoms with Crippen molar-refractivity contribution < 1.29 is 10.2 Å².